The van der Waals surface area contributed by atoms with E-state index in [4.69, 9.17) is 0 Å². The van der Waals surface area contributed by atoms with Crippen LogP contribution in [0.3, 0.4) is 0 Å². The van der Waals surface area contributed by atoms with Crippen LogP contribution < -0.4 is 5.32 Å². The summed E-state index contributed by atoms with van der Waals surface area (Å²) in [4.78, 5) is 25.3. The van der Waals surface area contributed by atoms with Gasteiger partial charge in [0.25, 0.3) is 5.91 Å². The normalized spacial score (nSPS) is 26.1. The standard InChI is InChI=1S/C13H13FN2O2/c14-9-3-1-2-8(6-9)13(18)16-5-4-10-11(16)7-12(17)15-10/h1-3,6,10-11H,4-5,7H2,(H,15,17)/t10-,11+/m1/s1. The summed E-state index contributed by atoms with van der Waals surface area (Å²) in [6.45, 7) is 0.616. The predicted octanol–water partition coefficient (Wildman–Crippen LogP) is 0.929. The van der Waals surface area contributed by atoms with Crippen LogP contribution in [0.15, 0.2) is 24.3 Å². The van der Waals surface area contributed by atoms with Gasteiger partial charge in [0.05, 0.1) is 12.1 Å². The van der Waals surface area contributed by atoms with E-state index in [0.717, 1.165) is 6.42 Å². The van der Waals surface area contributed by atoms with Crippen molar-refractivity contribution in [2.24, 2.45) is 0 Å². The zero-order chi connectivity index (χ0) is 12.7. The fraction of sp³-hybridized carbons (Fsp3) is 0.385. The van der Waals surface area contributed by atoms with Gasteiger partial charge < -0.3 is 10.2 Å². The first-order valence-corrected chi connectivity index (χ1v) is 6.01. The zero-order valence-electron chi connectivity index (χ0n) is 9.73. The van der Waals surface area contributed by atoms with Crippen LogP contribution in [0.2, 0.25) is 0 Å². The van der Waals surface area contributed by atoms with Crippen LogP contribution in [0, 0.1) is 5.82 Å². The molecule has 0 bridgehead atoms. The van der Waals surface area contributed by atoms with Gasteiger partial charge in [0.2, 0.25) is 5.91 Å². The molecule has 18 heavy (non-hydrogen) atoms. The lowest BCUT2D eigenvalue weighted by Crippen LogP contribution is -2.38. The number of hydrogen-bond donors (Lipinski definition) is 1. The molecule has 0 spiro atoms. The molecule has 0 aromatic heterocycles. The lowest BCUT2D eigenvalue weighted by Gasteiger charge is -2.22. The average molecular weight is 248 g/mol. The van der Waals surface area contributed by atoms with Crippen LogP contribution in [-0.2, 0) is 4.79 Å². The second-order valence-corrected chi connectivity index (χ2v) is 4.74. The summed E-state index contributed by atoms with van der Waals surface area (Å²) in [5.74, 6) is -0.627. The topological polar surface area (TPSA) is 49.4 Å². The Morgan fingerprint density at radius 3 is 3.06 bits per heavy atom. The molecule has 2 saturated heterocycles. The first-order valence-electron chi connectivity index (χ1n) is 6.01. The van der Waals surface area contributed by atoms with E-state index in [9.17, 15) is 14.0 Å². The number of hydrogen-bond acceptors (Lipinski definition) is 2. The monoisotopic (exact) mass is 248 g/mol. The van der Waals surface area contributed by atoms with Gasteiger partial charge in [-0.1, -0.05) is 6.07 Å². The molecule has 0 aliphatic carbocycles. The fourth-order valence-corrected chi connectivity index (χ4v) is 2.77. The van der Waals surface area contributed by atoms with Crippen LogP contribution in [0.25, 0.3) is 0 Å². The maximum absolute atomic E-state index is 13.1. The average Bonchev–Trinajstić information content (AvgIpc) is 2.87. The number of nitrogens with zero attached hydrogens (tertiary/aromatic N) is 1. The van der Waals surface area contributed by atoms with E-state index in [1.165, 1.54) is 18.2 Å². The lowest BCUT2D eigenvalue weighted by atomic mass is 10.1. The molecule has 2 atom stereocenters. The summed E-state index contributed by atoms with van der Waals surface area (Å²) < 4.78 is 13.1. The van der Waals surface area contributed by atoms with E-state index in [2.05, 4.69) is 5.32 Å². The van der Waals surface area contributed by atoms with Crippen molar-refractivity contribution in [2.75, 3.05) is 6.54 Å². The van der Waals surface area contributed by atoms with Crippen LogP contribution in [0.1, 0.15) is 23.2 Å². The molecule has 4 nitrogen and oxygen atoms in total. The molecule has 2 amide bonds. The molecule has 2 heterocycles. The minimum Gasteiger partial charge on any atom is -0.351 e. The van der Waals surface area contributed by atoms with Crippen molar-refractivity contribution in [1.82, 2.24) is 10.2 Å². The van der Waals surface area contributed by atoms with Gasteiger partial charge in [-0.3, -0.25) is 9.59 Å². The number of carbonyl (C=O) groups excluding carboxylic acids is 2. The maximum atomic E-state index is 13.1. The second kappa shape index (κ2) is 4.08. The molecule has 2 aliphatic rings. The Kier molecular flexibility index (Phi) is 2.54. The first-order chi connectivity index (χ1) is 8.65. The molecule has 2 aliphatic heterocycles. The molecular formula is C13H13FN2O2. The quantitative estimate of drug-likeness (QED) is 0.803. The van der Waals surface area contributed by atoms with Gasteiger partial charge in [-0.2, -0.15) is 0 Å². The minimum atomic E-state index is -0.419. The number of benzene rings is 1. The summed E-state index contributed by atoms with van der Waals surface area (Å²) in [6, 6.07) is 5.66. The van der Waals surface area contributed by atoms with Crippen molar-refractivity contribution >= 4 is 11.8 Å². The van der Waals surface area contributed by atoms with Gasteiger partial charge in [-0.25, -0.2) is 4.39 Å². The van der Waals surface area contributed by atoms with E-state index >= 15 is 0 Å². The highest BCUT2D eigenvalue weighted by atomic mass is 19.1. The van der Waals surface area contributed by atoms with Crippen molar-refractivity contribution in [2.45, 2.75) is 24.9 Å². The van der Waals surface area contributed by atoms with E-state index in [1.54, 1.807) is 11.0 Å². The van der Waals surface area contributed by atoms with Gasteiger partial charge in [0, 0.05) is 18.5 Å². The number of rotatable bonds is 1. The number of nitrogens with one attached hydrogen (secondary N) is 1. The van der Waals surface area contributed by atoms with Gasteiger partial charge in [-0.05, 0) is 24.6 Å². The highest BCUT2D eigenvalue weighted by Crippen LogP contribution is 2.27. The number of likely N-dealkylation sites (tertiary alicyclic amines) is 1. The third kappa shape index (κ3) is 1.75. The van der Waals surface area contributed by atoms with Crippen LogP contribution in [0.4, 0.5) is 4.39 Å². The molecule has 2 fully saturated rings. The van der Waals surface area contributed by atoms with E-state index in [-0.39, 0.29) is 23.9 Å². The van der Waals surface area contributed by atoms with E-state index < -0.39 is 5.82 Å². The van der Waals surface area contributed by atoms with Crippen molar-refractivity contribution in [3.8, 4) is 0 Å². The van der Waals surface area contributed by atoms with E-state index in [0.29, 0.717) is 18.5 Å². The first kappa shape index (κ1) is 11.2. The molecule has 94 valence electrons. The number of carbonyl (C=O) groups is 2. The highest BCUT2D eigenvalue weighted by molar-refractivity contribution is 5.95. The summed E-state index contributed by atoms with van der Waals surface area (Å²) in [5, 5.41) is 2.86. The number of fused-ring (bicyclic) bond motifs is 1. The Balaban J connectivity index is 1.83. The molecule has 0 radical (unpaired) electrons. The van der Waals surface area contributed by atoms with Gasteiger partial charge in [0.15, 0.2) is 0 Å². The Hall–Kier alpha value is -1.91. The van der Waals surface area contributed by atoms with Crippen molar-refractivity contribution < 1.29 is 14.0 Å². The third-order valence-corrected chi connectivity index (χ3v) is 3.62. The SMILES string of the molecule is O=C1C[C@H]2[C@@H](CCN2C(=O)c2cccc(F)c2)N1. The molecule has 5 heteroatoms. The summed E-state index contributed by atoms with van der Waals surface area (Å²) in [5.41, 5.74) is 0.343. The largest absolute Gasteiger partial charge is 0.351 e. The van der Waals surface area contributed by atoms with E-state index in [1.807, 2.05) is 0 Å². The Bertz CT molecular complexity index is 517. The fourth-order valence-electron chi connectivity index (χ4n) is 2.77. The third-order valence-electron chi connectivity index (χ3n) is 3.62. The van der Waals surface area contributed by atoms with Gasteiger partial charge in [-0.15, -0.1) is 0 Å². The van der Waals surface area contributed by atoms with Crippen molar-refractivity contribution in [3.05, 3.63) is 35.6 Å². The second-order valence-electron chi connectivity index (χ2n) is 4.74. The Labute approximate surface area is 104 Å². The van der Waals surface area contributed by atoms with Crippen molar-refractivity contribution in [3.63, 3.8) is 0 Å². The molecule has 1 N–H and O–H groups in total. The zero-order valence-corrected chi connectivity index (χ0v) is 9.73. The molecule has 0 unspecified atom stereocenters. The predicted molar refractivity (Wildman–Crippen MR) is 62.4 cm³/mol. The summed E-state index contributed by atoms with van der Waals surface area (Å²) >= 11 is 0. The minimum absolute atomic E-state index is 0.0123. The van der Waals surface area contributed by atoms with Crippen LogP contribution >= 0.6 is 0 Å². The Morgan fingerprint density at radius 1 is 1.44 bits per heavy atom. The maximum Gasteiger partial charge on any atom is 0.254 e. The van der Waals surface area contributed by atoms with Crippen LogP contribution in [-0.4, -0.2) is 35.3 Å². The van der Waals surface area contributed by atoms with Gasteiger partial charge in [0.1, 0.15) is 5.82 Å². The number of amides is 2. The molecule has 0 saturated carbocycles. The molecule has 3 rings (SSSR count). The van der Waals surface area contributed by atoms with Crippen LogP contribution in [0.5, 0.6) is 0 Å². The highest BCUT2D eigenvalue weighted by Gasteiger charge is 2.43. The summed E-state index contributed by atoms with van der Waals surface area (Å²) in [7, 11) is 0. The lowest BCUT2D eigenvalue weighted by molar-refractivity contribution is -0.119. The summed E-state index contributed by atoms with van der Waals surface area (Å²) in [6.07, 6.45) is 1.13. The number of halogens is 1. The smallest absolute Gasteiger partial charge is 0.254 e. The van der Waals surface area contributed by atoms with Gasteiger partial charge >= 0.3 is 0 Å². The Morgan fingerprint density at radius 2 is 2.28 bits per heavy atom. The molecule has 1 aromatic carbocycles. The molecule has 1 aromatic rings. The van der Waals surface area contributed by atoms with Crippen molar-refractivity contribution in [1.29, 1.82) is 0 Å². The molecular weight excluding hydrogens is 235 g/mol.